The molecule has 0 bridgehead atoms. The van der Waals surface area contributed by atoms with E-state index in [4.69, 9.17) is 21.1 Å². The van der Waals surface area contributed by atoms with Crippen LogP contribution >= 0.6 is 11.6 Å². The fourth-order valence-electron chi connectivity index (χ4n) is 4.44. The predicted octanol–water partition coefficient (Wildman–Crippen LogP) is 4.41. The number of halogens is 1. The number of alkyl carbamates (subject to hydrolysis) is 1. The SMILES string of the molecule is CCOC(=O)N1CCc2c([nH]c3ccc(Cl)cc23)[C@@H]1c1ccc(OCCC(O)CNC(=O)OC)cc1. The highest BCUT2D eigenvalue weighted by molar-refractivity contribution is 6.31. The fraction of sp³-hybridized carbons (Fsp3) is 0.385. The molecule has 36 heavy (non-hydrogen) atoms. The van der Waals surface area contributed by atoms with E-state index < -0.39 is 12.2 Å². The van der Waals surface area contributed by atoms with Crippen LogP contribution in [0.3, 0.4) is 0 Å². The van der Waals surface area contributed by atoms with Crippen LogP contribution < -0.4 is 10.1 Å². The Hall–Kier alpha value is -3.43. The highest BCUT2D eigenvalue weighted by Gasteiger charge is 2.35. The van der Waals surface area contributed by atoms with Crippen LogP contribution in [0.15, 0.2) is 42.5 Å². The van der Waals surface area contributed by atoms with Crippen LogP contribution in [0.25, 0.3) is 10.9 Å². The van der Waals surface area contributed by atoms with Crippen molar-refractivity contribution in [2.75, 3.05) is 33.4 Å². The molecule has 2 heterocycles. The number of carbonyl (C=O) groups excluding carboxylic acids is 2. The van der Waals surface area contributed by atoms with Crippen LogP contribution in [0.2, 0.25) is 5.02 Å². The van der Waals surface area contributed by atoms with Gasteiger partial charge in [-0.2, -0.15) is 0 Å². The first-order valence-electron chi connectivity index (χ1n) is 11.9. The molecule has 3 aromatic rings. The quantitative estimate of drug-likeness (QED) is 0.409. The zero-order valence-corrected chi connectivity index (χ0v) is 21.0. The molecule has 1 aliphatic heterocycles. The monoisotopic (exact) mass is 515 g/mol. The number of benzene rings is 2. The molecule has 2 aromatic carbocycles. The molecule has 1 aliphatic rings. The van der Waals surface area contributed by atoms with Crippen molar-refractivity contribution in [1.29, 1.82) is 0 Å². The first kappa shape index (κ1) is 25.7. The molecule has 3 N–H and O–H groups in total. The van der Waals surface area contributed by atoms with Crippen molar-refractivity contribution in [2.24, 2.45) is 0 Å². The van der Waals surface area contributed by atoms with E-state index in [1.54, 1.807) is 11.8 Å². The summed E-state index contributed by atoms with van der Waals surface area (Å²) in [6, 6.07) is 12.9. The van der Waals surface area contributed by atoms with Gasteiger partial charge in [-0.1, -0.05) is 23.7 Å². The number of ether oxygens (including phenoxy) is 3. The van der Waals surface area contributed by atoms with Gasteiger partial charge in [0.2, 0.25) is 0 Å². The van der Waals surface area contributed by atoms with Crippen molar-refractivity contribution in [1.82, 2.24) is 15.2 Å². The van der Waals surface area contributed by atoms with Gasteiger partial charge < -0.3 is 29.6 Å². The number of H-pyrrole nitrogens is 1. The number of rotatable bonds is 8. The van der Waals surface area contributed by atoms with Gasteiger partial charge in [0.1, 0.15) is 11.8 Å². The summed E-state index contributed by atoms with van der Waals surface area (Å²) in [4.78, 5) is 29.2. The Balaban J connectivity index is 1.51. The molecular formula is C26H30ClN3O6. The molecule has 0 fully saturated rings. The highest BCUT2D eigenvalue weighted by Crippen LogP contribution is 2.39. The molecule has 1 aromatic heterocycles. The standard InChI is InChI=1S/C26H30ClN3O6/c1-3-35-26(33)30-12-10-20-21-14-17(27)6-9-22(21)29-23(20)24(30)16-4-7-19(8-5-16)36-13-11-18(31)15-28-25(32)34-2/h4-9,14,18,24,29,31H,3,10-13,15H2,1-2H3,(H,28,32)/t18?,24-/m0/s1. The summed E-state index contributed by atoms with van der Waals surface area (Å²) in [6.07, 6.45) is -0.672. The minimum absolute atomic E-state index is 0.0817. The van der Waals surface area contributed by atoms with Crippen molar-refractivity contribution in [3.63, 3.8) is 0 Å². The second-order valence-electron chi connectivity index (χ2n) is 8.48. The Morgan fingerprint density at radius 1 is 1.25 bits per heavy atom. The Morgan fingerprint density at radius 2 is 2.03 bits per heavy atom. The molecule has 2 amide bonds. The number of aromatic amines is 1. The molecule has 10 heteroatoms. The number of aliphatic hydroxyl groups excluding tert-OH is 1. The van der Waals surface area contributed by atoms with Gasteiger partial charge in [0, 0.05) is 41.1 Å². The number of methoxy groups -OCH3 is 1. The maximum absolute atomic E-state index is 12.8. The van der Waals surface area contributed by atoms with Crippen LogP contribution in [0.1, 0.15) is 36.2 Å². The second kappa shape index (κ2) is 11.5. The Bertz CT molecular complexity index is 1210. The summed E-state index contributed by atoms with van der Waals surface area (Å²) in [5, 5.41) is 14.1. The third-order valence-electron chi connectivity index (χ3n) is 6.17. The number of carbonyl (C=O) groups is 2. The van der Waals surface area contributed by atoms with E-state index in [2.05, 4.69) is 15.0 Å². The highest BCUT2D eigenvalue weighted by atomic mass is 35.5. The molecule has 0 saturated carbocycles. The summed E-state index contributed by atoms with van der Waals surface area (Å²) in [7, 11) is 1.27. The number of aliphatic hydroxyl groups is 1. The molecular weight excluding hydrogens is 486 g/mol. The zero-order chi connectivity index (χ0) is 25.7. The number of nitrogens with zero attached hydrogens (tertiary/aromatic N) is 1. The lowest BCUT2D eigenvalue weighted by molar-refractivity contribution is 0.0932. The number of hydrogen-bond acceptors (Lipinski definition) is 6. The topological polar surface area (TPSA) is 113 Å². The van der Waals surface area contributed by atoms with Gasteiger partial charge in [-0.25, -0.2) is 9.59 Å². The van der Waals surface area contributed by atoms with Gasteiger partial charge >= 0.3 is 12.2 Å². The van der Waals surface area contributed by atoms with Crippen molar-refractivity contribution in [2.45, 2.75) is 31.9 Å². The first-order valence-corrected chi connectivity index (χ1v) is 12.2. The van der Waals surface area contributed by atoms with Gasteiger partial charge in [0.25, 0.3) is 0 Å². The van der Waals surface area contributed by atoms with E-state index >= 15 is 0 Å². The van der Waals surface area contributed by atoms with E-state index in [-0.39, 0.29) is 25.3 Å². The van der Waals surface area contributed by atoms with Crippen LogP contribution in [0.5, 0.6) is 5.75 Å². The molecule has 2 atom stereocenters. The summed E-state index contributed by atoms with van der Waals surface area (Å²) < 4.78 is 15.6. The number of hydrogen-bond donors (Lipinski definition) is 3. The predicted molar refractivity (Wildman–Crippen MR) is 136 cm³/mol. The van der Waals surface area contributed by atoms with Gasteiger partial charge in [0.05, 0.1) is 26.4 Å². The zero-order valence-electron chi connectivity index (χ0n) is 20.3. The number of fused-ring (bicyclic) bond motifs is 3. The Morgan fingerprint density at radius 3 is 2.75 bits per heavy atom. The van der Waals surface area contributed by atoms with Gasteiger partial charge in [-0.15, -0.1) is 0 Å². The first-order chi connectivity index (χ1) is 17.4. The maximum atomic E-state index is 12.8. The third kappa shape index (κ3) is 5.68. The van der Waals surface area contributed by atoms with E-state index in [9.17, 15) is 14.7 Å². The largest absolute Gasteiger partial charge is 0.493 e. The lowest BCUT2D eigenvalue weighted by Crippen LogP contribution is -2.40. The van der Waals surface area contributed by atoms with Crippen molar-refractivity contribution in [3.05, 3.63) is 64.3 Å². The average Bonchev–Trinajstić information content (AvgIpc) is 3.25. The average molecular weight is 516 g/mol. The van der Waals surface area contributed by atoms with Gasteiger partial charge in [-0.3, -0.25) is 4.90 Å². The normalized spacial score (nSPS) is 15.8. The number of aromatic nitrogens is 1. The molecule has 0 spiro atoms. The fourth-order valence-corrected chi connectivity index (χ4v) is 4.62. The van der Waals surface area contributed by atoms with E-state index in [0.29, 0.717) is 36.8 Å². The molecule has 9 nitrogen and oxygen atoms in total. The summed E-state index contributed by atoms with van der Waals surface area (Å²) >= 11 is 6.26. The molecule has 0 radical (unpaired) electrons. The van der Waals surface area contributed by atoms with Crippen LogP contribution in [0, 0.1) is 0 Å². The molecule has 0 saturated heterocycles. The van der Waals surface area contributed by atoms with Crippen molar-refractivity contribution >= 4 is 34.7 Å². The van der Waals surface area contributed by atoms with Crippen molar-refractivity contribution in [3.8, 4) is 5.75 Å². The van der Waals surface area contributed by atoms with E-state index in [0.717, 1.165) is 27.7 Å². The molecule has 192 valence electrons. The molecule has 4 rings (SSSR count). The number of amides is 2. The van der Waals surface area contributed by atoms with Gasteiger partial charge in [-0.05, 0) is 54.8 Å². The Kier molecular flexibility index (Phi) is 8.22. The lowest BCUT2D eigenvalue weighted by Gasteiger charge is -2.35. The van der Waals surface area contributed by atoms with Crippen LogP contribution in [0.4, 0.5) is 9.59 Å². The number of nitrogens with one attached hydrogen (secondary N) is 2. The molecule has 0 aliphatic carbocycles. The van der Waals surface area contributed by atoms with Crippen LogP contribution in [-0.2, 0) is 15.9 Å². The lowest BCUT2D eigenvalue weighted by atomic mass is 9.92. The maximum Gasteiger partial charge on any atom is 0.410 e. The third-order valence-corrected chi connectivity index (χ3v) is 6.41. The second-order valence-corrected chi connectivity index (χ2v) is 8.92. The van der Waals surface area contributed by atoms with E-state index in [1.807, 2.05) is 42.5 Å². The molecule has 1 unspecified atom stereocenters. The minimum atomic E-state index is -0.752. The van der Waals surface area contributed by atoms with E-state index in [1.165, 1.54) is 7.11 Å². The van der Waals surface area contributed by atoms with Gasteiger partial charge in [0.15, 0.2) is 0 Å². The van der Waals surface area contributed by atoms with Crippen molar-refractivity contribution < 1.29 is 28.9 Å². The summed E-state index contributed by atoms with van der Waals surface area (Å²) in [6.45, 7) is 2.96. The summed E-state index contributed by atoms with van der Waals surface area (Å²) in [5.74, 6) is 0.633. The summed E-state index contributed by atoms with van der Waals surface area (Å²) in [5.41, 5.74) is 3.98. The minimum Gasteiger partial charge on any atom is -0.493 e. The smallest absolute Gasteiger partial charge is 0.410 e. The van der Waals surface area contributed by atoms with Crippen LogP contribution in [-0.4, -0.2) is 66.7 Å². The Labute approximate surface area is 214 Å².